The van der Waals surface area contributed by atoms with Crippen LogP contribution in [0.3, 0.4) is 0 Å². The molecule has 4 heteroatoms. The van der Waals surface area contributed by atoms with Gasteiger partial charge in [0, 0.05) is 38.8 Å². The van der Waals surface area contributed by atoms with E-state index in [2.05, 4.69) is 30.1 Å². The van der Waals surface area contributed by atoms with E-state index in [1.807, 2.05) is 0 Å². The number of nitrogens with one attached hydrogen (secondary N) is 1. The fraction of sp³-hybridized carbons (Fsp3) is 0.824. The maximum atomic E-state index is 12.2. The highest BCUT2D eigenvalue weighted by Gasteiger charge is 2.24. The molecule has 1 N–H and O–H groups in total. The zero-order valence-corrected chi connectivity index (χ0v) is 13.6. The molecule has 21 heavy (non-hydrogen) atoms. The van der Waals surface area contributed by atoms with E-state index in [9.17, 15) is 4.79 Å². The summed E-state index contributed by atoms with van der Waals surface area (Å²) in [5.74, 6) is 1.01. The van der Waals surface area contributed by atoms with Crippen molar-refractivity contribution >= 4 is 5.91 Å². The van der Waals surface area contributed by atoms with Crippen molar-refractivity contribution in [1.82, 2.24) is 10.2 Å². The number of ether oxygens (including phenoxy) is 1. The van der Waals surface area contributed by atoms with Crippen LogP contribution < -0.4 is 5.32 Å². The Morgan fingerprint density at radius 1 is 1.33 bits per heavy atom. The number of carbonyl (C=O) groups excluding carboxylic acids is 1. The van der Waals surface area contributed by atoms with Gasteiger partial charge in [-0.3, -0.25) is 9.69 Å². The first kappa shape index (κ1) is 16.5. The van der Waals surface area contributed by atoms with Gasteiger partial charge < -0.3 is 10.1 Å². The van der Waals surface area contributed by atoms with E-state index in [1.165, 1.54) is 25.0 Å². The second kappa shape index (κ2) is 8.54. The molecule has 2 rings (SSSR count). The SMILES string of the molecule is C/C=C(\C)CN1CCCC(CNC(=O)C2CCOCC2)C1. The number of hydrogen-bond acceptors (Lipinski definition) is 3. The van der Waals surface area contributed by atoms with Gasteiger partial charge in [0.2, 0.25) is 5.91 Å². The molecule has 2 fully saturated rings. The van der Waals surface area contributed by atoms with E-state index in [0.717, 1.165) is 45.7 Å². The number of allylic oxidation sites excluding steroid dienone is 1. The van der Waals surface area contributed by atoms with Crippen molar-refractivity contribution in [2.24, 2.45) is 11.8 Å². The molecule has 0 radical (unpaired) electrons. The molecule has 2 heterocycles. The van der Waals surface area contributed by atoms with Gasteiger partial charge in [-0.15, -0.1) is 0 Å². The topological polar surface area (TPSA) is 41.6 Å². The number of hydrogen-bond donors (Lipinski definition) is 1. The second-order valence-corrected chi connectivity index (χ2v) is 6.51. The van der Waals surface area contributed by atoms with Crippen molar-refractivity contribution in [2.45, 2.75) is 39.5 Å². The summed E-state index contributed by atoms with van der Waals surface area (Å²) >= 11 is 0. The zero-order chi connectivity index (χ0) is 15.1. The van der Waals surface area contributed by atoms with Crippen molar-refractivity contribution in [1.29, 1.82) is 0 Å². The highest BCUT2D eigenvalue weighted by atomic mass is 16.5. The van der Waals surface area contributed by atoms with Crippen molar-refractivity contribution in [2.75, 3.05) is 39.4 Å². The van der Waals surface area contributed by atoms with Crippen molar-refractivity contribution in [3.05, 3.63) is 11.6 Å². The Bertz CT molecular complexity index is 362. The number of amides is 1. The van der Waals surface area contributed by atoms with Crippen molar-refractivity contribution < 1.29 is 9.53 Å². The number of likely N-dealkylation sites (tertiary alicyclic amines) is 1. The smallest absolute Gasteiger partial charge is 0.223 e. The maximum Gasteiger partial charge on any atom is 0.223 e. The van der Waals surface area contributed by atoms with Gasteiger partial charge in [0.25, 0.3) is 0 Å². The lowest BCUT2D eigenvalue weighted by Crippen LogP contribution is -2.43. The fourth-order valence-corrected chi connectivity index (χ4v) is 3.25. The Kier molecular flexibility index (Phi) is 6.71. The van der Waals surface area contributed by atoms with Crippen LogP contribution in [0.5, 0.6) is 0 Å². The average molecular weight is 294 g/mol. The summed E-state index contributed by atoms with van der Waals surface area (Å²) < 4.78 is 5.31. The number of piperidine rings is 1. The predicted molar refractivity (Wildman–Crippen MR) is 85.1 cm³/mol. The quantitative estimate of drug-likeness (QED) is 0.791. The van der Waals surface area contributed by atoms with E-state index in [4.69, 9.17) is 4.74 Å². The lowest BCUT2D eigenvalue weighted by atomic mass is 9.96. The Balaban J connectivity index is 1.71. The predicted octanol–water partition coefficient (Wildman–Crippen LogP) is 2.21. The Hall–Kier alpha value is -0.870. The molecule has 1 unspecified atom stereocenters. The lowest BCUT2D eigenvalue weighted by molar-refractivity contribution is -0.128. The van der Waals surface area contributed by atoms with Gasteiger partial charge in [-0.1, -0.05) is 11.6 Å². The van der Waals surface area contributed by atoms with E-state index in [0.29, 0.717) is 5.92 Å². The molecule has 1 amide bonds. The molecule has 120 valence electrons. The standard InChI is InChI=1S/C17H30N2O2/c1-3-14(2)12-19-8-4-5-15(13-19)11-18-17(20)16-6-9-21-10-7-16/h3,15-16H,4-13H2,1-2H3,(H,18,20)/b14-3+. The molecule has 2 aliphatic rings. The number of rotatable bonds is 5. The Labute approximate surface area is 128 Å². The minimum absolute atomic E-state index is 0.170. The normalized spacial score (nSPS) is 25.8. The largest absolute Gasteiger partial charge is 0.381 e. The average Bonchev–Trinajstić information content (AvgIpc) is 2.53. The van der Waals surface area contributed by atoms with Gasteiger partial charge in [0.15, 0.2) is 0 Å². The molecule has 0 aliphatic carbocycles. The molecule has 0 aromatic heterocycles. The van der Waals surface area contributed by atoms with Crippen LogP contribution >= 0.6 is 0 Å². The molecule has 0 bridgehead atoms. The van der Waals surface area contributed by atoms with Gasteiger partial charge in [0.05, 0.1) is 0 Å². The molecule has 4 nitrogen and oxygen atoms in total. The summed E-state index contributed by atoms with van der Waals surface area (Å²) in [6, 6.07) is 0. The second-order valence-electron chi connectivity index (χ2n) is 6.51. The summed E-state index contributed by atoms with van der Waals surface area (Å²) in [7, 11) is 0. The first-order valence-electron chi connectivity index (χ1n) is 8.38. The number of carbonyl (C=O) groups is 1. The van der Waals surface area contributed by atoms with Gasteiger partial charge in [-0.2, -0.15) is 0 Å². The molecule has 0 aromatic rings. The van der Waals surface area contributed by atoms with Gasteiger partial charge in [-0.05, 0) is 52.0 Å². The van der Waals surface area contributed by atoms with Crippen LogP contribution in [0.2, 0.25) is 0 Å². The Morgan fingerprint density at radius 2 is 2.10 bits per heavy atom. The van der Waals surface area contributed by atoms with E-state index in [-0.39, 0.29) is 11.8 Å². The van der Waals surface area contributed by atoms with Gasteiger partial charge in [-0.25, -0.2) is 0 Å². The third-order valence-corrected chi connectivity index (χ3v) is 4.73. The van der Waals surface area contributed by atoms with E-state index in [1.54, 1.807) is 0 Å². The lowest BCUT2D eigenvalue weighted by Gasteiger charge is -2.33. The monoisotopic (exact) mass is 294 g/mol. The molecular weight excluding hydrogens is 264 g/mol. The highest BCUT2D eigenvalue weighted by Crippen LogP contribution is 2.18. The van der Waals surface area contributed by atoms with Gasteiger partial charge >= 0.3 is 0 Å². The summed E-state index contributed by atoms with van der Waals surface area (Å²) in [5.41, 5.74) is 1.43. The molecule has 0 spiro atoms. The molecule has 0 saturated carbocycles. The first-order valence-corrected chi connectivity index (χ1v) is 8.38. The molecular formula is C17H30N2O2. The van der Waals surface area contributed by atoms with Crippen LogP contribution in [0.4, 0.5) is 0 Å². The summed E-state index contributed by atoms with van der Waals surface area (Å²) in [5, 5.41) is 3.17. The zero-order valence-electron chi connectivity index (χ0n) is 13.6. The summed E-state index contributed by atoms with van der Waals surface area (Å²) in [4.78, 5) is 14.7. The van der Waals surface area contributed by atoms with E-state index >= 15 is 0 Å². The van der Waals surface area contributed by atoms with Crippen molar-refractivity contribution in [3.63, 3.8) is 0 Å². The third kappa shape index (κ3) is 5.44. The van der Waals surface area contributed by atoms with Crippen molar-refractivity contribution in [3.8, 4) is 0 Å². The minimum Gasteiger partial charge on any atom is -0.381 e. The molecule has 1 atom stereocenters. The van der Waals surface area contributed by atoms with Crippen LogP contribution in [-0.2, 0) is 9.53 Å². The molecule has 0 aromatic carbocycles. The number of nitrogens with zero attached hydrogens (tertiary/aromatic N) is 1. The van der Waals surface area contributed by atoms with Crippen LogP contribution in [0.1, 0.15) is 39.5 Å². The third-order valence-electron chi connectivity index (χ3n) is 4.73. The summed E-state index contributed by atoms with van der Waals surface area (Å²) in [6.45, 7) is 9.97. The molecule has 2 saturated heterocycles. The maximum absolute atomic E-state index is 12.2. The van der Waals surface area contributed by atoms with Crippen LogP contribution in [0, 0.1) is 11.8 Å². The minimum atomic E-state index is 0.170. The first-order chi connectivity index (χ1) is 10.2. The summed E-state index contributed by atoms with van der Waals surface area (Å²) in [6.07, 6.45) is 6.43. The fourth-order valence-electron chi connectivity index (χ4n) is 3.25. The highest BCUT2D eigenvalue weighted by molar-refractivity contribution is 5.78. The van der Waals surface area contributed by atoms with Crippen LogP contribution in [-0.4, -0.2) is 50.2 Å². The van der Waals surface area contributed by atoms with E-state index < -0.39 is 0 Å². The van der Waals surface area contributed by atoms with Crippen LogP contribution in [0.15, 0.2) is 11.6 Å². The Morgan fingerprint density at radius 3 is 2.81 bits per heavy atom. The van der Waals surface area contributed by atoms with Crippen LogP contribution in [0.25, 0.3) is 0 Å². The van der Waals surface area contributed by atoms with Gasteiger partial charge in [0.1, 0.15) is 0 Å². The molecule has 2 aliphatic heterocycles.